The second-order valence-corrected chi connectivity index (χ2v) is 4.50. The fraction of sp³-hybridized carbons (Fsp3) is 0.500. The smallest absolute Gasteiger partial charge is 0.303 e. The molecule has 1 rings (SSSR count). The first-order chi connectivity index (χ1) is 7.59. The largest absolute Gasteiger partial charge is 0.481 e. The zero-order chi connectivity index (χ0) is 12.0. The van der Waals surface area contributed by atoms with E-state index in [1.165, 1.54) is 11.1 Å². The molecule has 0 unspecified atom stereocenters. The van der Waals surface area contributed by atoms with Gasteiger partial charge in [0.2, 0.25) is 0 Å². The number of benzene rings is 1. The Bertz CT molecular complexity index is 325. The first-order valence-corrected chi connectivity index (χ1v) is 5.90. The van der Waals surface area contributed by atoms with Crippen LogP contribution in [-0.2, 0) is 11.2 Å². The van der Waals surface area contributed by atoms with E-state index < -0.39 is 5.97 Å². The second kappa shape index (κ2) is 6.31. The van der Waals surface area contributed by atoms with E-state index in [1.807, 2.05) is 0 Å². The lowest BCUT2D eigenvalue weighted by atomic mass is 10.00. The fourth-order valence-corrected chi connectivity index (χ4v) is 1.67. The maximum Gasteiger partial charge on any atom is 0.303 e. The monoisotopic (exact) mass is 220 g/mol. The summed E-state index contributed by atoms with van der Waals surface area (Å²) in [5.41, 5.74) is 2.66. The van der Waals surface area contributed by atoms with Gasteiger partial charge in [-0.1, -0.05) is 38.1 Å². The number of carbonyl (C=O) groups is 1. The van der Waals surface area contributed by atoms with Crippen molar-refractivity contribution in [2.75, 3.05) is 0 Å². The van der Waals surface area contributed by atoms with Gasteiger partial charge in [-0.25, -0.2) is 0 Å². The number of hydrogen-bond acceptors (Lipinski definition) is 1. The minimum atomic E-state index is -0.699. The van der Waals surface area contributed by atoms with Crippen molar-refractivity contribution >= 4 is 5.97 Å². The summed E-state index contributed by atoms with van der Waals surface area (Å²) in [7, 11) is 0. The summed E-state index contributed by atoms with van der Waals surface area (Å²) in [5, 5.41) is 8.51. The normalized spacial score (nSPS) is 10.7. The van der Waals surface area contributed by atoms with Gasteiger partial charge in [0, 0.05) is 6.42 Å². The number of aryl methyl sites for hydroxylation is 1. The van der Waals surface area contributed by atoms with E-state index >= 15 is 0 Å². The molecule has 0 aromatic heterocycles. The highest BCUT2D eigenvalue weighted by atomic mass is 16.4. The van der Waals surface area contributed by atoms with Gasteiger partial charge in [0.1, 0.15) is 0 Å². The molecule has 0 spiro atoms. The summed E-state index contributed by atoms with van der Waals surface area (Å²) in [6.07, 6.45) is 2.98. The minimum Gasteiger partial charge on any atom is -0.481 e. The third kappa shape index (κ3) is 4.47. The predicted molar refractivity (Wildman–Crippen MR) is 65.7 cm³/mol. The molecule has 88 valence electrons. The molecule has 0 aliphatic rings. The number of carboxylic acid groups (broad SMARTS) is 1. The number of rotatable bonds is 6. The van der Waals surface area contributed by atoms with E-state index in [0.717, 1.165) is 19.3 Å². The van der Waals surface area contributed by atoms with Gasteiger partial charge >= 0.3 is 5.97 Å². The first-order valence-electron chi connectivity index (χ1n) is 5.90. The van der Waals surface area contributed by atoms with E-state index in [9.17, 15) is 4.79 Å². The Morgan fingerprint density at radius 2 is 1.81 bits per heavy atom. The molecule has 0 aliphatic carbocycles. The second-order valence-electron chi connectivity index (χ2n) is 4.50. The Morgan fingerprint density at radius 3 is 2.31 bits per heavy atom. The molecule has 0 bridgehead atoms. The van der Waals surface area contributed by atoms with Crippen LogP contribution in [0.15, 0.2) is 24.3 Å². The Balaban J connectivity index is 2.35. The Hall–Kier alpha value is -1.31. The summed E-state index contributed by atoms with van der Waals surface area (Å²) in [5.74, 6) is -0.129. The summed E-state index contributed by atoms with van der Waals surface area (Å²) >= 11 is 0. The summed E-state index contributed by atoms with van der Waals surface area (Å²) in [6.45, 7) is 4.36. The van der Waals surface area contributed by atoms with Crippen LogP contribution in [0.4, 0.5) is 0 Å². The van der Waals surface area contributed by atoms with Crippen LogP contribution in [0.5, 0.6) is 0 Å². The van der Waals surface area contributed by atoms with E-state index in [-0.39, 0.29) is 6.42 Å². The van der Waals surface area contributed by atoms with Gasteiger partial charge in [-0.15, -0.1) is 0 Å². The van der Waals surface area contributed by atoms with Crippen molar-refractivity contribution in [2.45, 2.75) is 45.4 Å². The third-order valence-electron chi connectivity index (χ3n) is 2.75. The van der Waals surface area contributed by atoms with Crippen LogP contribution in [0.2, 0.25) is 0 Å². The van der Waals surface area contributed by atoms with Crippen molar-refractivity contribution in [3.8, 4) is 0 Å². The number of unbranched alkanes of at least 4 members (excludes halogenated alkanes) is 1. The van der Waals surface area contributed by atoms with Crippen molar-refractivity contribution < 1.29 is 9.90 Å². The highest BCUT2D eigenvalue weighted by molar-refractivity contribution is 5.66. The SMILES string of the molecule is CC(C)c1ccc(CCCCC(=O)O)cc1. The van der Waals surface area contributed by atoms with Gasteiger partial charge in [0.05, 0.1) is 0 Å². The van der Waals surface area contributed by atoms with E-state index in [0.29, 0.717) is 5.92 Å². The average molecular weight is 220 g/mol. The molecule has 0 fully saturated rings. The van der Waals surface area contributed by atoms with Crippen molar-refractivity contribution in [2.24, 2.45) is 0 Å². The van der Waals surface area contributed by atoms with Crippen LogP contribution in [0, 0.1) is 0 Å². The average Bonchev–Trinajstić information content (AvgIpc) is 2.25. The molecular weight excluding hydrogens is 200 g/mol. The molecule has 1 aromatic carbocycles. The van der Waals surface area contributed by atoms with Crippen molar-refractivity contribution in [3.63, 3.8) is 0 Å². The van der Waals surface area contributed by atoms with Crippen LogP contribution in [-0.4, -0.2) is 11.1 Å². The zero-order valence-electron chi connectivity index (χ0n) is 10.1. The van der Waals surface area contributed by atoms with Crippen LogP contribution in [0.3, 0.4) is 0 Å². The zero-order valence-corrected chi connectivity index (χ0v) is 10.1. The molecule has 0 amide bonds. The van der Waals surface area contributed by atoms with Gasteiger partial charge in [-0.05, 0) is 36.3 Å². The van der Waals surface area contributed by atoms with Crippen LogP contribution < -0.4 is 0 Å². The lowest BCUT2D eigenvalue weighted by molar-refractivity contribution is -0.137. The van der Waals surface area contributed by atoms with E-state index in [4.69, 9.17) is 5.11 Å². The van der Waals surface area contributed by atoms with Crippen molar-refractivity contribution in [3.05, 3.63) is 35.4 Å². The van der Waals surface area contributed by atoms with Gasteiger partial charge in [0.15, 0.2) is 0 Å². The van der Waals surface area contributed by atoms with Gasteiger partial charge in [-0.3, -0.25) is 4.79 Å². The number of carboxylic acids is 1. The molecule has 1 N–H and O–H groups in total. The molecule has 0 aliphatic heterocycles. The molecule has 2 nitrogen and oxygen atoms in total. The molecule has 1 aromatic rings. The highest BCUT2D eigenvalue weighted by Gasteiger charge is 2.00. The van der Waals surface area contributed by atoms with Crippen LogP contribution in [0.25, 0.3) is 0 Å². The predicted octanol–water partition coefficient (Wildman–Crippen LogP) is 3.61. The first kappa shape index (κ1) is 12.8. The van der Waals surface area contributed by atoms with Gasteiger partial charge in [0.25, 0.3) is 0 Å². The third-order valence-corrected chi connectivity index (χ3v) is 2.75. The highest BCUT2D eigenvalue weighted by Crippen LogP contribution is 2.15. The molecule has 0 heterocycles. The molecule has 0 radical (unpaired) electrons. The van der Waals surface area contributed by atoms with Crippen molar-refractivity contribution in [1.82, 2.24) is 0 Å². The quantitative estimate of drug-likeness (QED) is 0.744. The molecule has 16 heavy (non-hydrogen) atoms. The van der Waals surface area contributed by atoms with Gasteiger partial charge in [-0.2, -0.15) is 0 Å². The van der Waals surface area contributed by atoms with Crippen LogP contribution >= 0.6 is 0 Å². The number of aliphatic carboxylic acids is 1. The molecule has 0 saturated heterocycles. The lowest BCUT2D eigenvalue weighted by Crippen LogP contribution is -1.95. The summed E-state index contributed by atoms with van der Waals surface area (Å²) < 4.78 is 0. The Kier molecular flexibility index (Phi) is 5.03. The molecule has 0 saturated carbocycles. The standard InChI is InChI=1S/C14H20O2/c1-11(2)13-9-7-12(8-10-13)5-3-4-6-14(15)16/h7-11H,3-6H2,1-2H3,(H,15,16). The summed E-state index contributed by atoms with van der Waals surface area (Å²) in [4.78, 5) is 10.3. The Morgan fingerprint density at radius 1 is 1.19 bits per heavy atom. The fourth-order valence-electron chi connectivity index (χ4n) is 1.67. The van der Waals surface area contributed by atoms with E-state index in [1.54, 1.807) is 0 Å². The van der Waals surface area contributed by atoms with Crippen molar-refractivity contribution in [1.29, 1.82) is 0 Å². The lowest BCUT2D eigenvalue weighted by Gasteiger charge is -2.06. The number of hydrogen-bond donors (Lipinski definition) is 1. The summed E-state index contributed by atoms with van der Waals surface area (Å²) in [6, 6.07) is 8.63. The Labute approximate surface area is 97.3 Å². The van der Waals surface area contributed by atoms with Crippen LogP contribution in [0.1, 0.15) is 50.2 Å². The molecule has 0 atom stereocenters. The maximum absolute atomic E-state index is 10.3. The molecular formula is C14H20O2. The maximum atomic E-state index is 10.3. The minimum absolute atomic E-state index is 0.282. The molecule has 2 heteroatoms. The topological polar surface area (TPSA) is 37.3 Å². The van der Waals surface area contributed by atoms with E-state index in [2.05, 4.69) is 38.1 Å². The van der Waals surface area contributed by atoms with Gasteiger partial charge < -0.3 is 5.11 Å².